The van der Waals surface area contributed by atoms with Gasteiger partial charge in [0, 0.05) is 18.2 Å². The van der Waals surface area contributed by atoms with Crippen LogP contribution in [-0.2, 0) is 18.4 Å². The molecule has 0 atom stereocenters. The zero-order valence-corrected chi connectivity index (χ0v) is 17.7. The van der Waals surface area contributed by atoms with Gasteiger partial charge < -0.3 is 14.2 Å². The van der Waals surface area contributed by atoms with Gasteiger partial charge in [-0.1, -0.05) is 23.2 Å². The second kappa shape index (κ2) is 9.15. The number of aryl methyl sites for hydroxylation is 1. The normalized spacial score (nSPS) is 11.1. The SMILES string of the molecule is COC(=O)c1sccc1COc1cc(-c2nn(C)c(OC(F)F)c2Cl)c(F)cc1Cl. The largest absolute Gasteiger partial charge is 0.487 e. The van der Waals surface area contributed by atoms with Gasteiger partial charge in [0.15, 0.2) is 0 Å². The van der Waals surface area contributed by atoms with Crippen LogP contribution in [0.2, 0.25) is 10.0 Å². The first-order valence-electron chi connectivity index (χ1n) is 8.17. The van der Waals surface area contributed by atoms with Crippen LogP contribution < -0.4 is 9.47 Å². The molecule has 0 fully saturated rings. The number of benzene rings is 1. The minimum absolute atomic E-state index is 0.0396. The van der Waals surface area contributed by atoms with Crippen molar-refractivity contribution < 1.29 is 32.2 Å². The minimum Gasteiger partial charge on any atom is -0.487 e. The Bertz CT molecular complexity index is 1090. The molecule has 0 saturated heterocycles. The molecule has 0 aliphatic rings. The van der Waals surface area contributed by atoms with E-state index in [0.29, 0.717) is 10.4 Å². The Balaban J connectivity index is 1.92. The van der Waals surface area contributed by atoms with Crippen molar-refractivity contribution in [3.63, 3.8) is 0 Å². The standard InChI is InChI=1S/C18H13Cl2F3N2O4S/c1-25-16(29-18(22)23)13(20)14(24-25)9-5-12(10(19)6-11(9)21)28-7-8-3-4-30-15(8)17(26)27-2/h3-6,18H,7H2,1-2H3. The number of hydrogen-bond donors (Lipinski definition) is 0. The lowest BCUT2D eigenvalue weighted by atomic mass is 10.1. The van der Waals surface area contributed by atoms with Crippen molar-refractivity contribution in [2.75, 3.05) is 7.11 Å². The maximum Gasteiger partial charge on any atom is 0.388 e. The van der Waals surface area contributed by atoms with Crippen LogP contribution in [0, 0.1) is 5.82 Å². The molecule has 0 N–H and O–H groups in total. The topological polar surface area (TPSA) is 62.6 Å². The molecular weight excluding hydrogens is 468 g/mol. The second-order valence-electron chi connectivity index (χ2n) is 5.79. The first kappa shape index (κ1) is 22.3. The molecular formula is C18H13Cl2F3N2O4S. The van der Waals surface area contributed by atoms with E-state index < -0.39 is 24.3 Å². The monoisotopic (exact) mass is 480 g/mol. The average molecular weight is 481 g/mol. The maximum absolute atomic E-state index is 14.5. The van der Waals surface area contributed by atoms with Gasteiger partial charge in [0.2, 0.25) is 5.88 Å². The Morgan fingerprint density at radius 1 is 1.33 bits per heavy atom. The lowest BCUT2D eigenvalue weighted by molar-refractivity contribution is -0.0552. The summed E-state index contributed by atoms with van der Waals surface area (Å²) in [6, 6.07) is 3.90. The lowest BCUT2D eigenvalue weighted by Gasteiger charge is -2.11. The van der Waals surface area contributed by atoms with Gasteiger partial charge in [0.1, 0.15) is 33.8 Å². The lowest BCUT2D eigenvalue weighted by Crippen LogP contribution is -2.06. The highest BCUT2D eigenvalue weighted by Gasteiger charge is 2.24. The highest BCUT2D eigenvalue weighted by molar-refractivity contribution is 7.12. The number of alkyl halides is 2. The van der Waals surface area contributed by atoms with Crippen LogP contribution in [-0.4, -0.2) is 29.5 Å². The fourth-order valence-electron chi connectivity index (χ4n) is 2.56. The van der Waals surface area contributed by atoms with Crippen LogP contribution in [0.1, 0.15) is 15.2 Å². The number of methoxy groups -OCH3 is 1. The Morgan fingerprint density at radius 3 is 2.73 bits per heavy atom. The van der Waals surface area contributed by atoms with Crippen LogP contribution in [0.5, 0.6) is 11.6 Å². The van der Waals surface area contributed by atoms with Crippen LogP contribution in [0.3, 0.4) is 0 Å². The summed E-state index contributed by atoms with van der Waals surface area (Å²) in [5, 5.41) is 5.31. The summed E-state index contributed by atoms with van der Waals surface area (Å²) >= 11 is 13.3. The third kappa shape index (κ3) is 4.50. The van der Waals surface area contributed by atoms with E-state index in [0.717, 1.165) is 10.7 Å². The van der Waals surface area contributed by atoms with E-state index in [-0.39, 0.29) is 33.7 Å². The smallest absolute Gasteiger partial charge is 0.388 e. The molecule has 0 spiro atoms. The third-order valence-electron chi connectivity index (χ3n) is 3.92. The second-order valence-corrected chi connectivity index (χ2v) is 7.49. The van der Waals surface area contributed by atoms with Crippen molar-refractivity contribution >= 4 is 40.5 Å². The summed E-state index contributed by atoms with van der Waals surface area (Å²) in [5.41, 5.74) is 0.300. The van der Waals surface area contributed by atoms with Gasteiger partial charge in [-0.2, -0.15) is 13.9 Å². The van der Waals surface area contributed by atoms with E-state index in [4.69, 9.17) is 32.7 Å². The molecule has 0 aliphatic heterocycles. The van der Waals surface area contributed by atoms with Crippen LogP contribution >= 0.6 is 34.5 Å². The van der Waals surface area contributed by atoms with E-state index in [1.54, 1.807) is 11.4 Å². The molecule has 0 unspecified atom stereocenters. The van der Waals surface area contributed by atoms with Gasteiger partial charge in [-0.3, -0.25) is 0 Å². The Hall–Kier alpha value is -2.43. The van der Waals surface area contributed by atoms with Crippen LogP contribution in [0.25, 0.3) is 11.3 Å². The molecule has 1 aromatic carbocycles. The van der Waals surface area contributed by atoms with Gasteiger partial charge >= 0.3 is 12.6 Å². The first-order chi connectivity index (χ1) is 14.2. The highest BCUT2D eigenvalue weighted by Crippen LogP contribution is 2.40. The number of carbonyl (C=O) groups is 1. The van der Waals surface area contributed by atoms with E-state index in [2.05, 4.69) is 9.84 Å². The molecule has 2 heterocycles. The van der Waals surface area contributed by atoms with Crippen LogP contribution in [0.15, 0.2) is 23.6 Å². The number of ether oxygens (including phenoxy) is 3. The molecule has 160 valence electrons. The summed E-state index contributed by atoms with van der Waals surface area (Å²) < 4.78 is 55.3. The summed E-state index contributed by atoms with van der Waals surface area (Å²) in [4.78, 5) is 12.1. The van der Waals surface area contributed by atoms with E-state index in [1.807, 2.05) is 0 Å². The van der Waals surface area contributed by atoms with E-state index in [9.17, 15) is 18.0 Å². The molecule has 0 amide bonds. The summed E-state index contributed by atoms with van der Waals surface area (Å²) in [5.74, 6) is -1.64. The molecule has 3 rings (SSSR count). The Morgan fingerprint density at radius 2 is 2.07 bits per heavy atom. The van der Waals surface area contributed by atoms with Gasteiger partial charge in [0.05, 0.1) is 12.1 Å². The van der Waals surface area contributed by atoms with Crippen molar-refractivity contribution in [2.45, 2.75) is 13.2 Å². The number of thiophene rings is 1. The fraction of sp³-hybridized carbons (Fsp3) is 0.222. The zero-order chi connectivity index (χ0) is 22.0. The van der Waals surface area contributed by atoms with Crippen molar-refractivity contribution in [2.24, 2.45) is 7.05 Å². The van der Waals surface area contributed by atoms with E-state index >= 15 is 0 Å². The highest BCUT2D eigenvalue weighted by atomic mass is 35.5. The number of halogens is 5. The average Bonchev–Trinajstić information content (AvgIpc) is 3.26. The Kier molecular flexibility index (Phi) is 6.79. The van der Waals surface area contributed by atoms with Crippen molar-refractivity contribution in [3.05, 3.63) is 49.9 Å². The number of aromatic nitrogens is 2. The molecule has 2 aromatic heterocycles. The quantitative estimate of drug-likeness (QED) is 0.414. The molecule has 6 nitrogen and oxygen atoms in total. The molecule has 0 radical (unpaired) electrons. The van der Waals surface area contributed by atoms with E-state index in [1.165, 1.54) is 31.6 Å². The van der Waals surface area contributed by atoms with Crippen molar-refractivity contribution in [1.82, 2.24) is 9.78 Å². The number of esters is 1. The summed E-state index contributed by atoms with van der Waals surface area (Å²) in [6.45, 7) is -3.18. The molecule has 30 heavy (non-hydrogen) atoms. The van der Waals surface area contributed by atoms with Gasteiger partial charge in [0.25, 0.3) is 0 Å². The number of nitrogens with zero attached hydrogens (tertiary/aromatic N) is 2. The summed E-state index contributed by atoms with van der Waals surface area (Å²) in [7, 11) is 2.58. The van der Waals surface area contributed by atoms with Gasteiger partial charge in [-0.25, -0.2) is 13.9 Å². The van der Waals surface area contributed by atoms with Gasteiger partial charge in [-0.05, 0) is 23.6 Å². The predicted octanol–water partition coefficient (Wildman–Crippen LogP) is 5.56. The molecule has 0 aliphatic carbocycles. The minimum atomic E-state index is -3.13. The number of rotatable bonds is 7. The molecule has 0 bridgehead atoms. The first-order valence-corrected chi connectivity index (χ1v) is 9.80. The molecule has 0 saturated carbocycles. The van der Waals surface area contributed by atoms with Gasteiger partial charge in [-0.15, -0.1) is 11.3 Å². The van der Waals surface area contributed by atoms with Crippen molar-refractivity contribution in [1.29, 1.82) is 0 Å². The zero-order valence-electron chi connectivity index (χ0n) is 15.4. The van der Waals surface area contributed by atoms with Crippen molar-refractivity contribution in [3.8, 4) is 22.9 Å². The summed E-state index contributed by atoms with van der Waals surface area (Å²) in [6.07, 6.45) is 0. The molecule has 3 aromatic rings. The maximum atomic E-state index is 14.5. The number of carbonyl (C=O) groups excluding carboxylic acids is 1. The predicted molar refractivity (Wildman–Crippen MR) is 105 cm³/mol. The third-order valence-corrected chi connectivity index (χ3v) is 5.49. The fourth-order valence-corrected chi connectivity index (χ4v) is 3.90. The van der Waals surface area contributed by atoms with Crippen LogP contribution in [0.4, 0.5) is 13.2 Å². The number of hydrogen-bond acceptors (Lipinski definition) is 6. The molecule has 12 heteroatoms. The Labute approximate surface area is 182 Å².